The Hall–Kier alpha value is -0.100. The van der Waals surface area contributed by atoms with Gasteiger partial charge in [0.05, 0.1) is 1.37 Å². The van der Waals surface area contributed by atoms with Gasteiger partial charge in [-0.2, -0.15) is 17.6 Å². The minimum absolute atomic E-state index is 2.44. The lowest BCUT2D eigenvalue weighted by Crippen LogP contribution is -2.31. The second-order valence-corrected chi connectivity index (χ2v) is 1.49. The zero-order chi connectivity index (χ0) is 9.28. The average molecular weight is 185 g/mol. The molecule has 0 aromatic heterocycles. The van der Waals surface area contributed by atoms with Crippen LogP contribution in [-0.2, 0) is 4.74 Å². The highest BCUT2D eigenvalue weighted by Gasteiger charge is 2.43. The summed E-state index contributed by atoms with van der Waals surface area (Å²) in [7, 11) is 0. The van der Waals surface area contributed by atoms with Crippen LogP contribution in [0, 0.1) is 0 Å². The molecule has 1 atom stereocenters. The van der Waals surface area contributed by atoms with Crippen LogP contribution in [0.3, 0.4) is 0 Å². The van der Waals surface area contributed by atoms with Gasteiger partial charge in [-0.05, 0) is 0 Å². The molecule has 0 aliphatic carbocycles. The van der Waals surface area contributed by atoms with E-state index in [2.05, 4.69) is 16.3 Å². The zero-order valence-corrected chi connectivity index (χ0v) is 5.01. The molecule has 0 heterocycles. The van der Waals surface area contributed by atoms with E-state index in [-0.39, 0.29) is 0 Å². The number of rotatable bonds is 3. The summed E-state index contributed by atoms with van der Waals surface area (Å²) in [5.74, 6) is 0. The van der Waals surface area contributed by atoms with Gasteiger partial charge in [0.25, 0.3) is 5.61 Å². The molecule has 0 N–H and O–H groups in total. The van der Waals surface area contributed by atoms with Crippen LogP contribution < -0.4 is 0 Å². The molecule has 0 saturated heterocycles. The van der Waals surface area contributed by atoms with Crippen molar-refractivity contribution in [2.75, 3.05) is 0 Å². The predicted octanol–water partition coefficient (Wildman–Crippen LogP) is 2.35. The lowest BCUT2D eigenvalue weighted by Gasteiger charge is -2.14. The van der Waals surface area contributed by atoms with Crippen molar-refractivity contribution in [1.82, 2.24) is 0 Å². The third-order valence-electron chi connectivity index (χ3n) is 0.457. The molecular weight excluding hydrogens is 182 g/mol. The fourth-order valence-corrected chi connectivity index (χ4v) is 0.201. The summed E-state index contributed by atoms with van der Waals surface area (Å²) in [5.41, 5.74) is -4.39. The highest BCUT2D eigenvalue weighted by Crippen LogP contribution is 2.27. The molecule has 0 bridgehead atoms. The molecule has 0 saturated carbocycles. The molecule has 0 aliphatic rings. The monoisotopic (exact) mass is 185 g/mol. The molecule has 62 valence electrons. The molecule has 1 nitrogen and oxygen atoms in total. The predicted molar refractivity (Wildman–Crippen MR) is 22.8 cm³/mol. The minimum atomic E-state index is -5.03. The fraction of sp³-hybridized carbons (Fsp3) is 1.00. The fourth-order valence-electron chi connectivity index (χ4n) is 0.156. The van der Waals surface area contributed by atoms with Gasteiger partial charge >= 0.3 is 12.7 Å². The first kappa shape index (κ1) is 8.00. The summed E-state index contributed by atoms with van der Waals surface area (Å²) >= 11 is 4.06. The summed E-state index contributed by atoms with van der Waals surface area (Å²) < 4.78 is 65.7. The molecular formula is C3H2ClF5O. The van der Waals surface area contributed by atoms with E-state index in [0.717, 1.165) is 0 Å². The maximum absolute atomic E-state index is 11.8. The molecule has 7 heteroatoms. The molecule has 0 aliphatic heterocycles. The standard InChI is InChI=1S/C3H2ClF5O/c4-1(5)3(8,9)10-2(6)7/h1-2H/i1D. The van der Waals surface area contributed by atoms with Crippen LogP contribution in [-0.4, -0.2) is 18.3 Å². The molecule has 0 rings (SSSR count). The number of halogens is 6. The van der Waals surface area contributed by atoms with Crippen molar-refractivity contribution >= 4 is 11.6 Å². The molecule has 10 heavy (non-hydrogen) atoms. The van der Waals surface area contributed by atoms with E-state index in [9.17, 15) is 22.0 Å². The Morgan fingerprint density at radius 1 is 1.40 bits per heavy atom. The molecule has 0 radical (unpaired) electrons. The quantitative estimate of drug-likeness (QED) is 0.484. The molecule has 0 amide bonds. The highest BCUT2D eigenvalue weighted by atomic mass is 35.5. The zero-order valence-electron chi connectivity index (χ0n) is 5.25. The van der Waals surface area contributed by atoms with Crippen LogP contribution >= 0.6 is 11.6 Å². The lowest BCUT2D eigenvalue weighted by atomic mass is 10.7. The van der Waals surface area contributed by atoms with Crippen molar-refractivity contribution < 1.29 is 28.1 Å². The molecule has 0 fully saturated rings. The summed E-state index contributed by atoms with van der Waals surface area (Å²) in [6, 6.07) is 0. The topological polar surface area (TPSA) is 9.23 Å². The van der Waals surface area contributed by atoms with Gasteiger partial charge in [-0.3, -0.25) is 4.74 Å². The van der Waals surface area contributed by atoms with Gasteiger partial charge < -0.3 is 0 Å². The average Bonchev–Trinajstić information content (AvgIpc) is 1.56. The summed E-state index contributed by atoms with van der Waals surface area (Å²) in [5, 5.41) is 0. The van der Waals surface area contributed by atoms with Gasteiger partial charge in [0, 0.05) is 0 Å². The Balaban J connectivity index is 4.22. The maximum Gasteiger partial charge on any atom is 0.405 e. The van der Waals surface area contributed by atoms with E-state index >= 15 is 0 Å². The van der Waals surface area contributed by atoms with Crippen molar-refractivity contribution in [3.05, 3.63) is 0 Å². The Morgan fingerprint density at radius 3 is 1.90 bits per heavy atom. The summed E-state index contributed by atoms with van der Waals surface area (Å²) in [4.78, 5) is 0. The first-order chi connectivity index (χ1) is 4.67. The Kier molecular flexibility index (Phi) is 2.67. The van der Waals surface area contributed by atoms with E-state index in [1.165, 1.54) is 0 Å². The maximum atomic E-state index is 11.8. The lowest BCUT2D eigenvalue weighted by molar-refractivity contribution is -0.330. The van der Waals surface area contributed by atoms with Crippen LogP contribution in [0.2, 0.25) is 0 Å². The van der Waals surface area contributed by atoms with Crippen LogP contribution in [0.15, 0.2) is 0 Å². The van der Waals surface area contributed by atoms with Crippen molar-refractivity contribution in [2.24, 2.45) is 0 Å². The molecule has 0 spiro atoms. The summed E-state index contributed by atoms with van der Waals surface area (Å²) in [6.45, 7) is -3.88. The largest absolute Gasteiger partial charge is 0.405 e. The van der Waals surface area contributed by atoms with Crippen molar-refractivity contribution in [3.63, 3.8) is 0 Å². The smallest absolute Gasteiger partial charge is 0.254 e. The first-order valence-corrected chi connectivity index (χ1v) is 2.26. The van der Waals surface area contributed by atoms with Crippen molar-refractivity contribution in [1.29, 1.82) is 0 Å². The number of hydrogen-bond acceptors (Lipinski definition) is 1. The van der Waals surface area contributed by atoms with E-state index < -0.39 is 18.3 Å². The van der Waals surface area contributed by atoms with Gasteiger partial charge in [0.1, 0.15) is 0 Å². The van der Waals surface area contributed by atoms with Gasteiger partial charge in [0.15, 0.2) is 0 Å². The molecule has 1 unspecified atom stereocenters. The van der Waals surface area contributed by atoms with Crippen LogP contribution in [0.4, 0.5) is 22.0 Å². The Morgan fingerprint density at radius 2 is 1.80 bits per heavy atom. The molecule has 0 aromatic carbocycles. The molecule has 0 aromatic rings. The van der Waals surface area contributed by atoms with Gasteiger partial charge in [0.2, 0.25) is 0 Å². The first-order valence-electron chi connectivity index (χ1n) is 2.38. The summed E-state index contributed by atoms with van der Waals surface area (Å²) in [6.07, 6.45) is -5.03. The van der Waals surface area contributed by atoms with E-state index in [1.807, 2.05) is 0 Å². The second kappa shape index (κ2) is 3.34. The second-order valence-electron chi connectivity index (χ2n) is 1.16. The van der Waals surface area contributed by atoms with E-state index in [0.29, 0.717) is 0 Å². The van der Waals surface area contributed by atoms with Gasteiger partial charge in [-0.1, -0.05) is 11.6 Å². The Bertz CT molecular complexity index is 134. The number of hydrogen-bond donors (Lipinski definition) is 0. The van der Waals surface area contributed by atoms with Crippen molar-refractivity contribution in [3.8, 4) is 0 Å². The number of alkyl halides is 6. The van der Waals surface area contributed by atoms with Gasteiger partial charge in [-0.15, -0.1) is 0 Å². The normalized spacial score (nSPS) is 20.5. The highest BCUT2D eigenvalue weighted by molar-refractivity contribution is 6.20. The van der Waals surface area contributed by atoms with Crippen LogP contribution in [0.1, 0.15) is 1.37 Å². The third kappa shape index (κ3) is 3.17. The van der Waals surface area contributed by atoms with E-state index in [4.69, 9.17) is 1.37 Å². The van der Waals surface area contributed by atoms with Crippen LogP contribution in [0.5, 0.6) is 0 Å². The minimum Gasteiger partial charge on any atom is -0.254 e. The van der Waals surface area contributed by atoms with E-state index in [1.54, 1.807) is 0 Å². The van der Waals surface area contributed by atoms with Crippen molar-refractivity contribution in [2.45, 2.75) is 18.3 Å². The number of ether oxygens (including phenoxy) is 1. The third-order valence-corrected chi connectivity index (χ3v) is 0.677. The van der Waals surface area contributed by atoms with Gasteiger partial charge in [-0.25, -0.2) is 4.39 Å². The Labute approximate surface area is 59.1 Å². The SMILES string of the molecule is [2H]C(F)(Cl)C(F)(F)OC(F)F. The van der Waals surface area contributed by atoms with Crippen LogP contribution in [0.25, 0.3) is 0 Å².